The van der Waals surface area contributed by atoms with Gasteiger partial charge >= 0.3 is 87.6 Å². The van der Waals surface area contributed by atoms with Gasteiger partial charge in [0.2, 0.25) is 0 Å². The molecule has 9 heteroatoms. The SMILES string of the molecule is CCC(COC(=O)[CH2][Pb])OC#N.Cc1ccc2c(N)ncnn12. The van der Waals surface area contributed by atoms with E-state index in [2.05, 4.69) is 14.8 Å². The third-order valence-corrected chi connectivity index (χ3v) is 4.04. The minimum absolute atomic E-state index is 0.186. The quantitative estimate of drug-likeness (QED) is 0.362. The van der Waals surface area contributed by atoms with Crippen molar-refractivity contribution in [2.75, 3.05) is 12.3 Å². The van der Waals surface area contributed by atoms with Crippen LogP contribution in [0.5, 0.6) is 0 Å². The molecule has 1 atom stereocenters. The fraction of sp³-hybridized carbons (Fsp3) is 0.429. The number of fused-ring (bicyclic) bond motifs is 1. The Morgan fingerprint density at radius 1 is 1.57 bits per heavy atom. The molecule has 0 saturated carbocycles. The second-order valence-corrected chi connectivity index (χ2v) is 5.89. The number of aryl methyl sites for hydroxylation is 1. The molecule has 0 aliphatic rings. The summed E-state index contributed by atoms with van der Waals surface area (Å²) in [6, 6.07) is 3.87. The van der Waals surface area contributed by atoms with Gasteiger partial charge in [-0.1, -0.05) is 0 Å². The van der Waals surface area contributed by atoms with E-state index >= 15 is 0 Å². The molecule has 23 heavy (non-hydrogen) atoms. The number of hydrogen-bond acceptors (Lipinski definition) is 7. The third kappa shape index (κ3) is 6.01. The minimum atomic E-state index is -0.285. The second kappa shape index (κ2) is 9.99. The smallest absolute Gasteiger partial charge is 0.151 e. The summed E-state index contributed by atoms with van der Waals surface area (Å²) in [4.78, 5) is 14.6. The number of ether oxygens (including phenoxy) is 2. The van der Waals surface area contributed by atoms with Crippen LogP contribution in [0.15, 0.2) is 18.5 Å². The van der Waals surface area contributed by atoms with E-state index in [0.29, 0.717) is 16.2 Å². The Morgan fingerprint density at radius 3 is 2.87 bits per heavy atom. The average Bonchev–Trinajstić information content (AvgIpc) is 2.94. The fourth-order valence-electron chi connectivity index (χ4n) is 1.63. The number of hydrogen-bond donors (Lipinski definition) is 1. The number of carbonyl (C=O) groups excluding carboxylic acids is 1. The van der Waals surface area contributed by atoms with Crippen LogP contribution in [-0.2, 0) is 14.3 Å². The van der Waals surface area contributed by atoms with Crippen LogP contribution in [0.2, 0.25) is 3.98 Å². The molecular weight excluding hydrogens is 493 g/mol. The predicted molar refractivity (Wildman–Crippen MR) is 84.4 cm³/mol. The second-order valence-electron chi connectivity index (χ2n) is 4.52. The summed E-state index contributed by atoms with van der Waals surface area (Å²) in [5.74, 6) is 0.315. The number of esters is 1. The maximum Gasteiger partial charge on any atom is 0.151 e. The number of carbonyl (C=O) groups is 1. The Morgan fingerprint density at radius 2 is 2.30 bits per heavy atom. The molecule has 0 aliphatic carbocycles. The molecule has 0 fully saturated rings. The number of nitrogens with zero attached hydrogens (tertiary/aromatic N) is 4. The zero-order valence-electron chi connectivity index (χ0n) is 13.0. The van der Waals surface area contributed by atoms with E-state index in [1.54, 1.807) is 10.8 Å². The Kier molecular flexibility index (Phi) is 8.31. The molecule has 0 bridgehead atoms. The summed E-state index contributed by atoms with van der Waals surface area (Å²) in [6.07, 6.45) is 3.42. The molecule has 1 unspecified atom stereocenters. The van der Waals surface area contributed by atoms with E-state index in [1.165, 1.54) is 6.33 Å². The van der Waals surface area contributed by atoms with Crippen LogP contribution >= 0.6 is 0 Å². The van der Waals surface area contributed by atoms with Crippen molar-refractivity contribution in [3.8, 4) is 6.26 Å². The topological polar surface area (TPSA) is 116 Å². The summed E-state index contributed by atoms with van der Waals surface area (Å²) in [7, 11) is 0. The van der Waals surface area contributed by atoms with Gasteiger partial charge in [0.15, 0.2) is 5.82 Å². The third-order valence-electron chi connectivity index (χ3n) is 2.92. The van der Waals surface area contributed by atoms with Crippen molar-refractivity contribution in [3.63, 3.8) is 0 Å². The minimum Gasteiger partial charge on any atom is -0.382 e. The number of anilines is 1. The molecule has 2 heterocycles. The number of rotatable bonds is 5. The van der Waals surface area contributed by atoms with Crippen LogP contribution in [0.25, 0.3) is 5.52 Å². The molecule has 2 N–H and O–H groups in total. The molecule has 0 saturated heterocycles. The van der Waals surface area contributed by atoms with Gasteiger partial charge in [0, 0.05) is 5.69 Å². The Hall–Kier alpha value is -1.90. The first-order valence-electron chi connectivity index (χ1n) is 6.93. The number of aromatic nitrogens is 3. The molecule has 121 valence electrons. The van der Waals surface area contributed by atoms with Gasteiger partial charge in [-0.25, -0.2) is 9.50 Å². The van der Waals surface area contributed by atoms with Crippen molar-refractivity contribution in [2.45, 2.75) is 30.4 Å². The van der Waals surface area contributed by atoms with Gasteiger partial charge < -0.3 is 5.73 Å². The largest absolute Gasteiger partial charge is 0.382 e. The molecule has 0 aliphatic heterocycles. The maximum absolute atomic E-state index is 10.7. The molecule has 0 spiro atoms. The normalized spacial score (nSPS) is 11.0. The summed E-state index contributed by atoms with van der Waals surface area (Å²) in [6.45, 7) is 4.03. The zero-order chi connectivity index (χ0) is 17.2. The molecule has 2 aromatic heterocycles. The first kappa shape index (κ1) is 19.1. The van der Waals surface area contributed by atoms with E-state index in [4.69, 9.17) is 15.7 Å². The van der Waals surface area contributed by atoms with Crippen molar-refractivity contribution >= 4 is 43.1 Å². The Balaban J connectivity index is 0.000000230. The number of nitrogen functional groups attached to an aromatic ring is 1. The molecule has 2 rings (SSSR count). The number of nitriles is 1. The van der Waals surface area contributed by atoms with Crippen molar-refractivity contribution in [1.82, 2.24) is 14.6 Å². The van der Waals surface area contributed by atoms with E-state index < -0.39 is 0 Å². The van der Waals surface area contributed by atoms with E-state index in [9.17, 15) is 4.79 Å². The molecular formula is C14H18N5O3Pb. The van der Waals surface area contributed by atoms with Crippen LogP contribution in [0.1, 0.15) is 19.0 Å². The van der Waals surface area contributed by atoms with Crippen LogP contribution in [0.3, 0.4) is 0 Å². The summed E-state index contributed by atoms with van der Waals surface area (Å²) in [5, 5.41) is 12.2. The molecule has 0 aromatic carbocycles. The standard InChI is InChI=1S/C7H8N4.C7H10NO3.Pb/c1-5-2-3-6-7(8)9-4-10-11(5)6;1-3-7(11-5-8)4-10-6(2)9;/h2-4H,1H3,(H2,8,9,10);7H,2-4H2,1H3;. The summed E-state index contributed by atoms with van der Waals surface area (Å²) >= 11 is 0.807. The van der Waals surface area contributed by atoms with E-state index in [0.717, 1.165) is 37.0 Å². The average molecular weight is 512 g/mol. The monoisotopic (exact) mass is 512 g/mol. The van der Waals surface area contributed by atoms with Crippen LogP contribution in [0, 0.1) is 18.4 Å². The summed E-state index contributed by atoms with van der Waals surface area (Å²) in [5.41, 5.74) is 7.53. The molecule has 0 amide bonds. The first-order chi connectivity index (χ1) is 11.0. The van der Waals surface area contributed by atoms with E-state index in [-0.39, 0.29) is 18.7 Å². The van der Waals surface area contributed by atoms with Gasteiger partial charge in [-0.2, -0.15) is 5.10 Å². The van der Waals surface area contributed by atoms with Crippen LogP contribution < -0.4 is 5.73 Å². The Labute approximate surface area is 150 Å². The van der Waals surface area contributed by atoms with Gasteiger partial charge in [0.05, 0.1) is 0 Å². The maximum atomic E-state index is 10.7. The Bertz CT molecular complexity index is 683. The van der Waals surface area contributed by atoms with Crippen molar-refractivity contribution in [1.29, 1.82) is 5.26 Å². The van der Waals surface area contributed by atoms with Gasteiger partial charge in [0.25, 0.3) is 0 Å². The van der Waals surface area contributed by atoms with Crippen molar-refractivity contribution in [3.05, 3.63) is 24.2 Å². The van der Waals surface area contributed by atoms with E-state index in [1.807, 2.05) is 26.0 Å². The van der Waals surface area contributed by atoms with Gasteiger partial charge in [-0.15, -0.1) is 0 Å². The molecule has 3 radical (unpaired) electrons. The molecule has 8 nitrogen and oxygen atoms in total. The van der Waals surface area contributed by atoms with Crippen molar-refractivity contribution < 1.29 is 14.3 Å². The molecule has 2 aromatic rings. The predicted octanol–water partition coefficient (Wildman–Crippen LogP) is 1.01. The fourth-order valence-corrected chi connectivity index (χ4v) is 2.03. The first-order valence-corrected chi connectivity index (χ1v) is 9.68. The number of nitrogens with two attached hydrogens (primary N) is 1. The zero-order valence-corrected chi connectivity index (χ0v) is 16.9. The van der Waals surface area contributed by atoms with Gasteiger partial charge in [-0.3, -0.25) is 0 Å². The van der Waals surface area contributed by atoms with Crippen LogP contribution in [0.4, 0.5) is 5.82 Å². The van der Waals surface area contributed by atoms with Gasteiger partial charge in [0.1, 0.15) is 11.8 Å². The van der Waals surface area contributed by atoms with Gasteiger partial charge in [-0.05, 0) is 19.1 Å². The summed E-state index contributed by atoms with van der Waals surface area (Å²) < 4.78 is 11.7. The van der Waals surface area contributed by atoms with Crippen molar-refractivity contribution in [2.24, 2.45) is 0 Å². The van der Waals surface area contributed by atoms with Crippen LogP contribution in [-0.4, -0.2) is 59.0 Å².